The van der Waals surface area contributed by atoms with Gasteiger partial charge < -0.3 is 29.6 Å². The number of carbonyl (C=O) groups excluding carboxylic acids is 2. The van der Waals surface area contributed by atoms with Crippen LogP contribution in [0.3, 0.4) is 0 Å². The average molecular weight is 645 g/mol. The number of fused-ring (bicyclic) bond motifs is 2. The summed E-state index contributed by atoms with van der Waals surface area (Å²) in [5, 5.41) is 6.25. The smallest absolute Gasteiger partial charge is 0.255 e. The minimum absolute atomic E-state index is 0.0293. The second-order valence-corrected chi connectivity index (χ2v) is 13.7. The van der Waals surface area contributed by atoms with Crippen LogP contribution in [0.25, 0.3) is 27.8 Å². The fourth-order valence-corrected chi connectivity index (χ4v) is 7.62. The normalized spacial score (nSPS) is 21.5. The molecule has 250 valence electrons. The number of nitrogens with zero attached hydrogens (tertiary/aromatic N) is 5. The first-order valence-electron chi connectivity index (χ1n) is 16.9. The van der Waals surface area contributed by atoms with Crippen molar-refractivity contribution in [2.45, 2.75) is 76.7 Å². The summed E-state index contributed by atoms with van der Waals surface area (Å²) in [5.41, 5.74) is 12.6. The van der Waals surface area contributed by atoms with E-state index in [1.165, 1.54) is 34.2 Å². The van der Waals surface area contributed by atoms with Crippen molar-refractivity contribution in [3.05, 3.63) is 53.2 Å². The van der Waals surface area contributed by atoms with Gasteiger partial charge in [-0.05, 0) is 75.5 Å². The standard InChI is InChI=1S/C36H45FN6O4/c1-21-32(39-43-18-26(15-31(47-4)33(21)43)36(45)41-19-27(37)16-28(38)20-41)30-14-25-6-5-7-29(34(25)42(30)17-23-8-9-23)24-10-12-40(13-11-24)35(44)22(2)46-3/h5-7,14-15,18,22-24,27-28H,8-13,16-17,19-20,38H2,1-4H3/t22-,27+,28+/m0/s1. The van der Waals surface area contributed by atoms with Crippen LogP contribution in [0.5, 0.6) is 5.75 Å². The van der Waals surface area contributed by atoms with Gasteiger partial charge in [0.25, 0.3) is 11.8 Å². The quantitative estimate of drug-likeness (QED) is 0.292. The van der Waals surface area contributed by atoms with Crippen LogP contribution in [0.2, 0.25) is 0 Å². The van der Waals surface area contributed by atoms with E-state index in [1.807, 2.05) is 18.7 Å². The lowest BCUT2D eigenvalue weighted by molar-refractivity contribution is -0.142. The van der Waals surface area contributed by atoms with E-state index in [1.54, 1.807) is 31.0 Å². The minimum atomic E-state index is -1.14. The number of piperidine rings is 2. The van der Waals surface area contributed by atoms with E-state index in [2.05, 4.69) is 28.8 Å². The number of rotatable bonds is 8. The number of amides is 2. The average Bonchev–Trinajstić information content (AvgIpc) is 3.74. The van der Waals surface area contributed by atoms with Gasteiger partial charge in [0, 0.05) is 56.5 Å². The number of aryl methyl sites for hydroxylation is 1. The number of para-hydroxylation sites is 1. The van der Waals surface area contributed by atoms with E-state index in [0.29, 0.717) is 42.8 Å². The monoisotopic (exact) mass is 644 g/mol. The third kappa shape index (κ3) is 5.88. The second-order valence-electron chi connectivity index (χ2n) is 13.7. The molecule has 4 aromatic rings. The molecule has 2 amide bonds. The van der Waals surface area contributed by atoms with Crippen LogP contribution in [-0.2, 0) is 16.1 Å². The Labute approximate surface area is 274 Å². The van der Waals surface area contributed by atoms with Crippen LogP contribution in [0.1, 0.15) is 66.4 Å². The Morgan fingerprint density at radius 2 is 1.83 bits per heavy atom. The summed E-state index contributed by atoms with van der Waals surface area (Å²) >= 11 is 0. The fourth-order valence-electron chi connectivity index (χ4n) is 7.62. The number of benzene rings is 1. The Balaban J connectivity index is 1.27. The van der Waals surface area contributed by atoms with Crippen molar-refractivity contribution in [1.29, 1.82) is 0 Å². The van der Waals surface area contributed by atoms with Gasteiger partial charge in [0.2, 0.25) is 0 Å². The van der Waals surface area contributed by atoms with Crippen LogP contribution in [0.15, 0.2) is 36.5 Å². The van der Waals surface area contributed by atoms with Crippen molar-refractivity contribution in [3.8, 4) is 17.1 Å². The van der Waals surface area contributed by atoms with E-state index in [9.17, 15) is 14.0 Å². The molecule has 0 bridgehead atoms. The van der Waals surface area contributed by atoms with Crippen molar-refractivity contribution in [2.24, 2.45) is 11.7 Å². The Hall–Kier alpha value is -3.96. The second kappa shape index (κ2) is 12.6. The highest BCUT2D eigenvalue weighted by Gasteiger charge is 2.32. The minimum Gasteiger partial charge on any atom is -0.494 e. The first-order valence-corrected chi connectivity index (χ1v) is 16.9. The summed E-state index contributed by atoms with van der Waals surface area (Å²) in [5.74, 6) is 1.27. The molecule has 2 N–H and O–H groups in total. The molecule has 1 saturated carbocycles. The van der Waals surface area contributed by atoms with Crippen LogP contribution in [-0.4, -0.2) is 94.5 Å². The van der Waals surface area contributed by atoms with Crippen LogP contribution in [0, 0.1) is 12.8 Å². The van der Waals surface area contributed by atoms with Crippen LogP contribution in [0.4, 0.5) is 4.39 Å². The number of hydrogen-bond acceptors (Lipinski definition) is 6. The van der Waals surface area contributed by atoms with Crippen molar-refractivity contribution >= 4 is 28.2 Å². The highest BCUT2D eigenvalue weighted by atomic mass is 19.1. The summed E-state index contributed by atoms with van der Waals surface area (Å²) in [7, 11) is 3.17. The lowest BCUT2D eigenvalue weighted by Crippen LogP contribution is -2.50. The predicted molar refractivity (Wildman–Crippen MR) is 179 cm³/mol. The van der Waals surface area contributed by atoms with E-state index in [0.717, 1.165) is 41.9 Å². The van der Waals surface area contributed by atoms with Gasteiger partial charge in [0.1, 0.15) is 29.2 Å². The molecule has 0 spiro atoms. The first-order chi connectivity index (χ1) is 22.7. The number of hydrogen-bond donors (Lipinski definition) is 1. The van der Waals surface area contributed by atoms with Crippen LogP contribution >= 0.6 is 0 Å². The molecule has 5 heterocycles. The molecule has 1 aromatic carbocycles. The molecule has 3 aromatic heterocycles. The van der Waals surface area contributed by atoms with Gasteiger partial charge in [0.15, 0.2) is 0 Å². The first kappa shape index (κ1) is 31.6. The highest BCUT2D eigenvalue weighted by Crippen LogP contribution is 2.42. The number of pyridine rings is 1. The molecule has 11 heteroatoms. The topological polar surface area (TPSA) is 107 Å². The van der Waals surface area contributed by atoms with Gasteiger partial charge in [-0.3, -0.25) is 9.59 Å². The molecular weight excluding hydrogens is 599 g/mol. The number of aromatic nitrogens is 3. The summed E-state index contributed by atoms with van der Waals surface area (Å²) in [6.07, 6.45) is 4.64. The Bertz CT molecular complexity index is 1810. The number of carbonyl (C=O) groups is 2. The van der Waals surface area contributed by atoms with E-state index >= 15 is 0 Å². The molecule has 47 heavy (non-hydrogen) atoms. The Morgan fingerprint density at radius 1 is 1.06 bits per heavy atom. The maximum absolute atomic E-state index is 14.3. The number of methoxy groups -OCH3 is 2. The summed E-state index contributed by atoms with van der Waals surface area (Å²) in [6, 6.07) is 10.1. The molecule has 7 rings (SSSR count). The van der Waals surface area contributed by atoms with E-state index in [4.69, 9.17) is 20.3 Å². The predicted octanol–water partition coefficient (Wildman–Crippen LogP) is 4.94. The summed E-state index contributed by atoms with van der Waals surface area (Å²) < 4.78 is 29.6. The number of likely N-dealkylation sites (tertiary alicyclic amines) is 2. The van der Waals surface area contributed by atoms with Gasteiger partial charge in [0.05, 0.1) is 30.4 Å². The molecule has 2 saturated heterocycles. The molecule has 3 atom stereocenters. The summed E-state index contributed by atoms with van der Waals surface area (Å²) in [4.78, 5) is 29.7. The number of ether oxygens (including phenoxy) is 2. The molecule has 3 fully saturated rings. The van der Waals surface area contributed by atoms with E-state index in [-0.39, 0.29) is 30.8 Å². The number of halogens is 1. The maximum atomic E-state index is 14.3. The lowest BCUT2D eigenvalue weighted by Gasteiger charge is -2.34. The number of alkyl halides is 1. The zero-order valence-corrected chi connectivity index (χ0v) is 27.7. The molecule has 10 nitrogen and oxygen atoms in total. The SMILES string of the molecule is COc1cc(C(=O)N2C[C@H](N)C[C@@H](F)C2)cn2nc(-c3cc4cccc(C5CCN(C(=O)[C@H](C)OC)CC5)c4n3CC3CC3)c(C)c12. The molecule has 3 aliphatic rings. The maximum Gasteiger partial charge on any atom is 0.255 e. The van der Waals surface area contributed by atoms with Crippen molar-refractivity contribution < 1.29 is 23.5 Å². The highest BCUT2D eigenvalue weighted by molar-refractivity contribution is 5.96. The zero-order chi connectivity index (χ0) is 33.0. The molecule has 0 radical (unpaired) electrons. The third-order valence-electron chi connectivity index (χ3n) is 10.4. The van der Waals surface area contributed by atoms with Gasteiger partial charge in [-0.25, -0.2) is 8.91 Å². The molecular formula is C36H45FN6O4. The molecule has 1 aliphatic carbocycles. The van der Waals surface area contributed by atoms with Gasteiger partial charge >= 0.3 is 0 Å². The van der Waals surface area contributed by atoms with Gasteiger partial charge in [-0.15, -0.1) is 0 Å². The van der Waals surface area contributed by atoms with Gasteiger partial charge in [-0.1, -0.05) is 18.2 Å². The Morgan fingerprint density at radius 3 is 2.51 bits per heavy atom. The lowest BCUT2D eigenvalue weighted by atomic mass is 9.88. The fraction of sp³-hybridized carbons (Fsp3) is 0.528. The Kier molecular flexibility index (Phi) is 8.46. The summed E-state index contributed by atoms with van der Waals surface area (Å²) in [6.45, 7) is 6.54. The zero-order valence-electron chi connectivity index (χ0n) is 27.7. The van der Waals surface area contributed by atoms with Crippen LogP contribution < -0.4 is 10.5 Å². The number of nitrogens with two attached hydrogens (primary N) is 1. The van der Waals surface area contributed by atoms with Crippen molar-refractivity contribution in [3.63, 3.8) is 0 Å². The van der Waals surface area contributed by atoms with Gasteiger partial charge in [-0.2, -0.15) is 5.10 Å². The molecule has 2 aliphatic heterocycles. The van der Waals surface area contributed by atoms with Crippen molar-refractivity contribution in [1.82, 2.24) is 24.0 Å². The largest absolute Gasteiger partial charge is 0.494 e. The molecule has 0 unspecified atom stereocenters. The van der Waals surface area contributed by atoms with E-state index < -0.39 is 12.3 Å². The third-order valence-corrected chi connectivity index (χ3v) is 10.4. The van der Waals surface area contributed by atoms with Crippen molar-refractivity contribution in [2.75, 3.05) is 40.4 Å².